The maximum Gasteiger partial charge on any atom is 0.250 e. The molecule has 1 aromatic rings. The van der Waals surface area contributed by atoms with E-state index >= 15 is 0 Å². The minimum Gasteiger partial charge on any atom is -0.306 e. The Balaban J connectivity index is 1.96. The van der Waals surface area contributed by atoms with Crippen molar-refractivity contribution < 1.29 is 8.78 Å². The summed E-state index contributed by atoms with van der Waals surface area (Å²) in [6.07, 6.45) is 3.38. The van der Waals surface area contributed by atoms with Crippen molar-refractivity contribution in [2.24, 2.45) is 0 Å². The quantitative estimate of drug-likeness (QED) is 0.776. The van der Waals surface area contributed by atoms with E-state index in [0.29, 0.717) is 6.54 Å². The third-order valence-corrected chi connectivity index (χ3v) is 2.98. The van der Waals surface area contributed by atoms with E-state index in [0.717, 1.165) is 18.5 Å². The monoisotopic (exact) mass is 229 g/mol. The SMILES string of the molecule is FC(F)CNCc1n[nH]c2c1CCCCC2. The lowest BCUT2D eigenvalue weighted by molar-refractivity contribution is 0.145. The van der Waals surface area contributed by atoms with Crippen LogP contribution in [0.2, 0.25) is 0 Å². The number of nitrogens with one attached hydrogen (secondary N) is 2. The molecule has 0 amide bonds. The summed E-state index contributed by atoms with van der Waals surface area (Å²) in [6, 6.07) is 0. The number of fused-ring (bicyclic) bond motifs is 1. The van der Waals surface area contributed by atoms with Gasteiger partial charge in [0.15, 0.2) is 0 Å². The van der Waals surface area contributed by atoms with Gasteiger partial charge in [0.1, 0.15) is 0 Å². The van der Waals surface area contributed by atoms with Crippen LogP contribution in [0.4, 0.5) is 8.78 Å². The molecule has 5 heteroatoms. The van der Waals surface area contributed by atoms with Crippen molar-refractivity contribution in [1.29, 1.82) is 0 Å². The molecule has 1 aromatic heterocycles. The fourth-order valence-corrected chi connectivity index (χ4v) is 2.17. The highest BCUT2D eigenvalue weighted by Crippen LogP contribution is 2.21. The van der Waals surface area contributed by atoms with Crippen molar-refractivity contribution in [2.75, 3.05) is 6.54 Å². The molecule has 0 saturated heterocycles. The highest BCUT2D eigenvalue weighted by atomic mass is 19.3. The Morgan fingerprint density at radius 2 is 2.06 bits per heavy atom. The van der Waals surface area contributed by atoms with Crippen LogP contribution in [0.1, 0.15) is 36.2 Å². The molecule has 1 aliphatic carbocycles. The molecule has 0 aromatic carbocycles. The van der Waals surface area contributed by atoms with Crippen molar-refractivity contribution in [2.45, 2.75) is 45.1 Å². The second-order valence-corrected chi connectivity index (χ2v) is 4.21. The largest absolute Gasteiger partial charge is 0.306 e. The first kappa shape index (κ1) is 11.5. The Labute approximate surface area is 93.6 Å². The second kappa shape index (κ2) is 5.39. The Morgan fingerprint density at radius 1 is 1.25 bits per heavy atom. The van der Waals surface area contributed by atoms with Crippen LogP contribution in [0.25, 0.3) is 0 Å². The van der Waals surface area contributed by atoms with Gasteiger partial charge < -0.3 is 5.32 Å². The maximum absolute atomic E-state index is 12.0. The molecule has 0 saturated carbocycles. The molecule has 1 heterocycles. The molecular weight excluding hydrogens is 212 g/mol. The summed E-state index contributed by atoms with van der Waals surface area (Å²) in [5, 5.41) is 9.96. The molecule has 0 spiro atoms. The van der Waals surface area contributed by atoms with Gasteiger partial charge in [-0.1, -0.05) is 6.42 Å². The van der Waals surface area contributed by atoms with Crippen LogP contribution < -0.4 is 5.32 Å². The maximum atomic E-state index is 12.0. The molecule has 2 rings (SSSR count). The van der Waals surface area contributed by atoms with E-state index in [4.69, 9.17) is 0 Å². The molecule has 0 fully saturated rings. The fraction of sp³-hybridized carbons (Fsp3) is 0.727. The summed E-state index contributed by atoms with van der Waals surface area (Å²) in [7, 11) is 0. The minimum absolute atomic E-state index is 0.262. The van der Waals surface area contributed by atoms with Crippen molar-refractivity contribution in [3.63, 3.8) is 0 Å². The Kier molecular flexibility index (Phi) is 3.88. The number of aromatic nitrogens is 2. The van der Waals surface area contributed by atoms with Gasteiger partial charge in [-0.2, -0.15) is 5.10 Å². The van der Waals surface area contributed by atoms with Gasteiger partial charge in [-0.15, -0.1) is 0 Å². The standard InChI is InChI=1S/C11H17F2N3/c12-11(13)7-14-6-10-8-4-2-1-3-5-9(8)15-16-10/h11,14H,1-7H2,(H,15,16). The second-order valence-electron chi connectivity index (χ2n) is 4.21. The van der Waals surface area contributed by atoms with Gasteiger partial charge in [-0.25, -0.2) is 8.78 Å². The predicted octanol–water partition coefficient (Wildman–Crippen LogP) is 2.03. The fourth-order valence-electron chi connectivity index (χ4n) is 2.17. The normalized spacial score (nSPS) is 16.2. The molecule has 0 unspecified atom stereocenters. The number of hydrogen-bond acceptors (Lipinski definition) is 2. The number of alkyl halides is 2. The third kappa shape index (κ3) is 2.78. The lowest BCUT2D eigenvalue weighted by atomic mass is 10.1. The number of nitrogens with zero attached hydrogens (tertiary/aromatic N) is 1. The van der Waals surface area contributed by atoms with Crippen LogP contribution in [-0.4, -0.2) is 23.2 Å². The van der Waals surface area contributed by atoms with Crippen LogP contribution in [0.15, 0.2) is 0 Å². The first-order valence-electron chi connectivity index (χ1n) is 5.81. The van der Waals surface area contributed by atoms with Crippen LogP contribution in [0.3, 0.4) is 0 Å². The van der Waals surface area contributed by atoms with Gasteiger partial charge in [0, 0.05) is 12.2 Å². The van der Waals surface area contributed by atoms with Crippen LogP contribution in [-0.2, 0) is 19.4 Å². The Hall–Kier alpha value is -0.970. The third-order valence-electron chi connectivity index (χ3n) is 2.98. The summed E-state index contributed by atoms with van der Waals surface area (Å²) in [6.45, 7) is 0.178. The predicted molar refractivity (Wildman–Crippen MR) is 57.6 cm³/mol. The molecule has 0 bridgehead atoms. The lowest BCUT2D eigenvalue weighted by Crippen LogP contribution is -2.21. The van der Waals surface area contributed by atoms with E-state index in [9.17, 15) is 8.78 Å². The number of aromatic amines is 1. The zero-order chi connectivity index (χ0) is 11.4. The van der Waals surface area contributed by atoms with Crippen LogP contribution >= 0.6 is 0 Å². The van der Waals surface area contributed by atoms with Crippen molar-refractivity contribution >= 4 is 0 Å². The Bertz CT molecular complexity index is 336. The van der Waals surface area contributed by atoms with E-state index in [1.165, 1.54) is 30.5 Å². The highest BCUT2D eigenvalue weighted by molar-refractivity contribution is 5.26. The van der Waals surface area contributed by atoms with E-state index in [1.807, 2.05) is 0 Å². The van der Waals surface area contributed by atoms with E-state index in [2.05, 4.69) is 15.5 Å². The summed E-state index contributed by atoms with van der Waals surface area (Å²) in [5.41, 5.74) is 3.36. The smallest absolute Gasteiger partial charge is 0.250 e. The zero-order valence-corrected chi connectivity index (χ0v) is 9.23. The number of H-pyrrole nitrogens is 1. The summed E-state index contributed by atoms with van der Waals surface area (Å²) in [5.74, 6) is 0. The number of hydrogen-bond donors (Lipinski definition) is 2. The Morgan fingerprint density at radius 3 is 2.88 bits per heavy atom. The molecule has 3 nitrogen and oxygen atoms in total. The molecule has 1 aliphatic rings. The van der Waals surface area contributed by atoms with E-state index in [1.54, 1.807) is 0 Å². The van der Waals surface area contributed by atoms with Gasteiger partial charge in [0.2, 0.25) is 0 Å². The first-order valence-corrected chi connectivity index (χ1v) is 5.81. The van der Waals surface area contributed by atoms with E-state index in [-0.39, 0.29) is 6.54 Å². The van der Waals surface area contributed by atoms with Gasteiger partial charge in [-0.3, -0.25) is 5.10 Å². The van der Waals surface area contributed by atoms with Crippen molar-refractivity contribution in [1.82, 2.24) is 15.5 Å². The molecule has 16 heavy (non-hydrogen) atoms. The van der Waals surface area contributed by atoms with Crippen molar-refractivity contribution in [3.8, 4) is 0 Å². The average Bonchev–Trinajstić information content (AvgIpc) is 2.49. The molecular formula is C11H17F2N3. The molecule has 0 atom stereocenters. The lowest BCUT2D eigenvalue weighted by Gasteiger charge is -2.04. The van der Waals surface area contributed by atoms with Gasteiger partial charge in [0.05, 0.1) is 12.2 Å². The molecule has 0 aliphatic heterocycles. The molecule has 2 N–H and O–H groups in total. The number of aryl methyl sites for hydroxylation is 1. The summed E-state index contributed by atoms with van der Waals surface area (Å²) in [4.78, 5) is 0. The number of rotatable bonds is 4. The van der Waals surface area contributed by atoms with Crippen LogP contribution in [0.5, 0.6) is 0 Å². The van der Waals surface area contributed by atoms with E-state index < -0.39 is 6.43 Å². The van der Waals surface area contributed by atoms with Gasteiger partial charge in [0.25, 0.3) is 6.43 Å². The average molecular weight is 229 g/mol. The van der Waals surface area contributed by atoms with Gasteiger partial charge >= 0.3 is 0 Å². The first-order chi connectivity index (χ1) is 7.77. The van der Waals surface area contributed by atoms with Crippen LogP contribution in [0, 0.1) is 0 Å². The number of halogens is 2. The zero-order valence-electron chi connectivity index (χ0n) is 9.23. The van der Waals surface area contributed by atoms with Gasteiger partial charge in [-0.05, 0) is 31.2 Å². The summed E-state index contributed by atoms with van der Waals surface area (Å²) >= 11 is 0. The topological polar surface area (TPSA) is 40.7 Å². The summed E-state index contributed by atoms with van der Waals surface area (Å²) < 4.78 is 24.0. The minimum atomic E-state index is -2.29. The molecule has 0 radical (unpaired) electrons. The van der Waals surface area contributed by atoms with Crippen molar-refractivity contribution in [3.05, 3.63) is 17.0 Å². The highest BCUT2D eigenvalue weighted by Gasteiger charge is 2.15. The molecule has 90 valence electrons.